The van der Waals surface area contributed by atoms with Crippen molar-refractivity contribution >= 4 is 23.5 Å². The van der Waals surface area contributed by atoms with Crippen molar-refractivity contribution in [3.8, 4) is 11.5 Å². The predicted octanol–water partition coefficient (Wildman–Crippen LogP) is 1.97. The molecule has 0 heterocycles. The second-order valence-electron chi connectivity index (χ2n) is 5.23. The number of benzene rings is 2. The molecule has 0 radical (unpaired) electrons. The molecule has 1 amide bonds. The SMILES string of the molecule is COc1ccc([C@H](CC(=O)[O-])NC(=O)c2cccc(Cl)c2)cc1OC. The Labute approximate surface area is 150 Å². The minimum absolute atomic E-state index is 0.330. The molecule has 0 saturated heterocycles. The maximum Gasteiger partial charge on any atom is 0.251 e. The molecule has 7 heteroatoms. The quantitative estimate of drug-likeness (QED) is 0.813. The first-order valence-electron chi connectivity index (χ1n) is 7.42. The van der Waals surface area contributed by atoms with Crippen molar-refractivity contribution in [1.29, 1.82) is 0 Å². The van der Waals surface area contributed by atoms with Gasteiger partial charge in [0.15, 0.2) is 11.5 Å². The maximum atomic E-state index is 12.4. The topological polar surface area (TPSA) is 87.7 Å². The highest BCUT2D eigenvalue weighted by atomic mass is 35.5. The average molecular weight is 363 g/mol. The second-order valence-corrected chi connectivity index (χ2v) is 5.66. The Bertz CT molecular complexity index is 778. The Balaban J connectivity index is 2.30. The van der Waals surface area contributed by atoms with E-state index in [0.717, 1.165) is 0 Å². The molecule has 25 heavy (non-hydrogen) atoms. The Morgan fingerprint density at radius 2 is 1.84 bits per heavy atom. The number of carbonyl (C=O) groups excluding carboxylic acids is 2. The van der Waals surface area contributed by atoms with Gasteiger partial charge in [0, 0.05) is 23.0 Å². The fourth-order valence-electron chi connectivity index (χ4n) is 2.36. The van der Waals surface area contributed by atoms with Crippen molar-refractivity contribution in [2.75, 3.05) is 14.2 Å². The van der Waals surface area contributed by atoms with Gasteiger partial charge >= 0.3 is 0 Å². The number of hydrogen-bond donors (Lipinski definition) is 1. The van der Waals surface area contributed by atoms with Gasteiger partial charge in [-0.25, -0.2) is 0 Å². The van der Waals surface area contributed by atoms with E-state index >= 15 is 0 Å². The number of ether oxygens (including phenoxy) is 2. The van der Waals surface area contributed by atoms with E-state index < -0.39 is 17.9 Å². The molecule has 2 aromatic rings. The van der Waals surface area contributed by atoms with E-state index in [1.807, 2.05) is 0 Å². The van der Waals surface area contributed by atoms with Crippen LogP contribution in [0.2, 0.25) is 5.02 Å². The number of halogens is 1. The summed E-state index contributed by atoms with van der Waals surface area (Å²) >= 11 is 5.89. The van der Waals surface area contributed by atoms with Crippen LogP contribution in [0.3, 0.4) is 0 Å². The number of carboxylic acid groups (broad SMARTS) is 1. The lowest BCUT2D eigenvalue weighted by Crippen LogP contribution is -2.34. The highest BCUT2D eigenvalue weighted by Crippen LogP contribution is 2.31. The molecular formula is C18H17ClNO5-. The van der Waals surface area contributed by atoms with E-state index in [1.54, 1.807) is 36.4 Å². The van der Waals surface area contributed by atoms with Crippen molar-refractivity contribution in [1.82, 2.24) is 5.32 Å². The van der Waals surface area contributed by atoms with Crippen LogP contribution in [0.5, 0.6) is 11.5 Å². The Hall–Kier alpha value is -2.73. The van der Waals surface area contributed by atoms with Gasteiger partial charge in [0.2, 0.25) is 0 Å². The maximum absolute atomic E-state index is 12.4. The number of hydrogen-bond acceptors (Lipinski definition) is 5. The zero-order valence-electron chi connectivity index (χ0n) is 13.7. The van der Waals surface area contributed by atoms with Gasteiger partial charge in [-0.3, -0.25) is 4.79 Å². The van der Waals surface area contributed by atoms with Gasteiger partial charge in [-0.2, -0.15) is 0 Å². The van der Waals surface area contributed by atoms with Crippen LogP contribution in [-0.2, 0) is 4.79 Å². The molecule has 1 atom stereocenters. The predicted molar refractivity (Wildman–Crippen MR) is 90.8 cm³/mol. The zero-order valence-corrected chi connectivity index (χ0v) is 14.5. The summed E-state index contributed by atoms with van der Waals surface area (Å²) in [5, 5.41) is 14.2. The van der Waals surface area contributed by atoms with Gasteiger partial charge in [-0.1, -0.05) is 23.7 Å². The van der Waals surface area contributed by atoms with Crippen LogP contribution in [0.1, 0.15) is 28.4 Å². The lowest BCUT2D eigenvalue weighted by molar-refractivity contribution is -0.306. The molecule has 6 nitrogen and oxygen atoms in total. The van der Waals surface area contributed by atoms with Gasteiger partial charge in [0.05, 0.1) is 20.3 Å². The van der Waals surface area contributed by atoms with Crippen LogP contribution >= 0.6 is 11.6 Å². The highest BCUT2D eigenvalue weighted by molar-refractivity contribution is 6.30. The monoisotopic (exact) mass is 362 g/mol. The minimum Gasteiger partial charge on any atom is -0.550 e. The number of methoxy groups -OCH3 is 2. The number of nitrogens with one attached hydrogen (secondary N) is 1. The van der Waals surface area contributed by atoms with E-state index in [4.69, 9.17) is 21.1 Å². The third kappa shape index (κ3) is 4.87. The van der Waals surface area contributed by atoms with E-state index in [0.29, 0.717) is 27.6 Å². The molecule has 0 aliphatic rings. The summed E-state index contributed by atoms with van der Waals surface area (Å²) in [5.41, 5.74) is 0.883. The van der Waals surface area contributed by atoms with E-state index in [2.05, 4.69) is 5.32 Å². The van der Waals surface area contributed by atoms with E-state index in [9.17, 15) is 14.7 Å². The Morgan fingerprint density at radius 3 is 2.44 bits per heavy atom. The molecular weight excluding hydrogens is 346 g/mol. The summed E-state index contributed by atoms with van der Waals surface area (Å²) in [6.45, 7) is 0. The number of carbonyl (C=O) groups is 2. The molecule has 0 aromatic heterocycles. The van der Waals surface area contributed by atoms with Crippen LogP contribution < -0.4 is 19.9 Å². The lowest BCUT2D eigenvalue weighted by atomic mass is 10.0. The average Bonchev–Trinajstić information content (AvgIpc) is 2.60. The first-order chi connectivity index (χ1) is 11.9. The zero-order chi connectivity index (χ0) is 18.4. The normalized spacial score (nSPS) is 11.5. The van der Waals surface area contributed by atoms with Crippen LogP contribution in [0.25, 0.3) is 0 Å². The van der Waals surface area contributed by atoms with Gasteiger partial charge < -0.3 is 24.7 Å². The molecule has 0 spiro atoms. The van der Waals surface area contributed by atoms with Crippen LogP contribution in [0, 0.1) is 0 Å². The number of amides is 1. The van der Waals surface area contributed by atoms with Crippen molar-refractivity contribution in [3.05, 3.63) is 58.6 Å². The molecule has 0 aliphatic heterocycles. The smallest absolute Gasteiger partial charge is 0.251 e. The minimum atomic E-state index is -1.29. The van der Waals surface area contributed by atoms with Gasteiger partial charge in [-0.15, -0.1) is 0 Å². The van der Waals surface area contributed by atoms with Crippen LogP contribution in [0.15, 0.2) is 42.5 Å². The molecule has 0 saturated carbocycles. The molecule has 1 N–H and O–H groups in total. The fraction of sp³-hybridized carbons (Fsp3) is 0.222. The van der Waals surface area contributed by atoms with Crippen LogP contribution in [-0.4, -0.2) is 26.1 Å². The molecule has 0 aliphatic carbocycles. The third-order valence-corrected chi connectivity index (χ3v) is 3.81. The van der Waals surface area contributed by atoms with Crippen molar-refractivity contribution < 1.29 is 24.2 Å². The highest BCUT2D eigenvalue weighted by Gasteiger charge is 2.18. The van der Waals surface area contributed by atoms with Crippen LogP contribution in [0.4, 0.5) is 0 Å². The number of carboxylic acids is 1. The Kier molecular flexibility index (Phi) is 6.25. The summed E-state index contributed by atoms with van der Waals surface area (Å²) in [5.74, 6) is -0.797. The molecule has 0 unspecified atom stereocenters. The van der Waals surface area contributed by atoms with Crippen molar-refractivity contribution in [3.63, 3.8) is 0 Å². The number of rotatable bonds is 7. The molecule has 2 rings (SSSR count). The van der Waals surface area contributed by atoms with Gasteiger partial charge in [0.1, 0.15) is 0 Å². The first kappa shape index (κ1) is 18.6. The van der Waals surface area contributed by atoms with Crippen molar-refractivity contribution in [2.45, 2.75) is 12.5 Å². The molecule has 0 bridgehead atoms. The molecule has 0 fully saturated rings. The summed E-state index contributed by atoms with van der Waals surface area (Å²) < 4.78 is 10.4. The van der Waals surface area contributed by atoms with Crippen molar-refractivity contribution in [2.24, 2.45) is 0 Å². The summed E-state index contributed by atoms with van der Waals surface area (Å²) in [7, 11) is 2.97. The number of aliphatic carboxylic acids is 1. The molecule has 2 aromatic carbocycles. The molecule has 132 valence electrons. The summed E-state index contributed by atoms with van der Waals surface area (Å²) in [4.78, 5) is 23.5. The Morgan fingerprint density at radius 1 is 1.12 bits per heavy atom. The largest absolute Gasteiger partial charge is 0.550 e. The first-order valence-corrected chi connectivity index (χ1v) is 7.80. The lowest BCUT2D eigenvalue weighted by Gasteiger charge is -2.21. The second kappa shape index (κ2) is 8.39. The summed E-state index contributed by atoms with van der Waals surface area (Å²) in [6, 6.07) is 10.5. The fourth-order valence-corrected chi connectivity index (χ4v) is 2.55. The van der Waals surface area contributed by atoms with Gasteiger partial charge in [-0.05, 0) is 35.9 Å². The summed E-state index contributed by atoms with van der Waals surface area (Å²) in [6.07, 6.45) is -0.387. The standard InChI is InChI=1S/C18H18ClNO5/c1-24-15-7-6-11(9-16(15)25-2)14(10-17(21)22)20-18(23)12-4-3-5-13(19)8-12/h3-9,14H,10H2,1-2H3,(H,20,23)(H,21,22)/p-1/t14-/m0/s1. The third-order valence-electron chi connectivity index (χ3n) is 3.57. The van der Waals surface area contributed by atoms with Gasteiger partial charge in [0.25, 0.3) is 5.91 Å². The van der Waals surface area contributed by atoms with E-state index in [1.165, 1.54) is 20.3 Å². The van der Waals surface area contributed by atoms with E-state index in [-0.39, 0.29) is 6.42 Å².